The van der Waals surface area contributed by atoms with Gasteiger partial charge in [0.2, 0.25) is 0 Å². The monoisotopic (exact) mass is 203 g/mol. The van der Waals surface area contributed by atoms with Crippen molar-refractivity contribution in [2.24, 2.45) is 0 Å². The highest BCUT2D eigenvalue weighted by molar-refractivity contribution is 6.32. The van der Waals surface area contributed by atoms with Gasteiger partial charge < -0.3 is 5.11 Å². The molecule has 0 bridgehead atoms. The first-order valence-electron chi connectivity index (χ1n) is 3.27. The third kappa shape index (κ3) is 2.21. The molecule has 1 aromatic rings. The fraction of sp³-hybridized carbons (Fsp3) is 0.125. The largest absolute Gasteiger partial charge is 0.384 e. The Morgan fingerprint density at radius 2 is 1.92 bits per heavy atom. The lowest BCUT2D eigenvalue weighted by atomic mass is 10.1. The van der Waals surface area contributed by atoms with Crippen molar-refractivity contribution in [1.82, 2.24) is 4.98 Å². The Bertz CT molecular complexity index is 281. The maximum atomic E-state index is 9.32. The van der Waals surface area contributed by atoms with E-state index in [1.165, 1.54) is 6.08 Å². The van der Waals surface area contributed by atoms with Gasteiger partial charge in [0.25, 0.3) is 0 Å². The summed E-state index contributed by atoms with van der Waals surface area (Å²) < 4.78 is 0. The summed E-state index contributed by atoms with van der Waals surface area (Å²) in [5.74, 6) is 0. The van der Waals surface area contributed by atoms with Crippen LogP contribution in [0.3, 0.4) is 0 Å². The lowest BCUT2D eigenvalue weighted by molar-refractivity contribution is 0.229. The lowest BCUT2D eigenvalue weighted by Gasteiger charge is -2.05. The van der Waals surface area contributed by atoms with E-state index in [1.807, 2.05) is 0 Å². The number of hydrogen-bond donors (Lipinski definition) is 1. The van der Waals surface area contributed by atoms with Crippen LogP contribution in [0.1, 0.15) is 11.7 Å². The van der Waals surface area contributed by atoms with E-state index in [0.717, 1.165) is 0 Å². The van der Waals surface area contributed by atoms with Crippen LogP contribution in [-0.4, -0.2) is 10.1 Å². The van der Waals surface area contributed by atoms with Crippen LogP contribution in [0.5, 0.6) is 0 Å². The summed E-state index contributed by atoms with van der Waals surface area (Å²) in [5, 5.41) is 9.84. The molecule has 64 valence electrons. The van der Waals surface area contributed by atoms with Gasteiger partial charge in [0.05, 0.1) is 6.10 Å². The van der Waals surface area contributed by atoms with Crippen molar-refractivity contribution in [1.29, 1.82) is 0 Å². The molecule has 0 aliphatic heterocycles. The number of aliphatic hydroxyl groups excluding tert-OH is 1. The van der Waals surface area contributed by atoms with Gasteiger partial charge in [-0.3, -0.25) is 0 Å². The summed E-state index contributed by atoms with van der Waals surface area (Å²) in [4.78, 5) is 3.74. The topological polar surface area (TPSA) is 33.1 Å². The molecular formula is C8H7Cl2NO. The zero-order valence-electron chi connectivity index (χ0n) is 6.17. The maximum absolute atomic E-state index is 9.32. The molecule has 0 fully saturated rings. The van der Waals surface area contributed by atoms with Crippen LogP contribution in [-0.2, 0) is 0 Å². The molecule has 1 atom stereocenters. The molecule has 1 heterocycles. The molecule has 0 radical (unpaired) electrons. The fourth-order valence-corrected chi connectivity index (χ4v) is 1.27. The minimum atomic E-state index is -0.747. The van der Waals surface area contributed by atoms with Crippen LogP contribution in [0.25, 0.3) is 0 Å². The van der Waals surface area contributed by atoms with Gasteiger partial charge in [-0.1, -0.05) is 29.3 Å². The fourth-order valence-electron chi connectivity index (χ4n) is 0.790. The Labute approximate surface area is 80.5 Å². The van der Waals surface area contributed by atoms with Crippen molar-refractivity contribution in [3.63, 3.8) is 0 Å². The highest BCUT2D eigenvalue weighted by Crippen LogP contribution is 2.20. The Hall–Kier alpha value is -0.570. The Morgan fingerprint density at radius 3 is 2.33 bits per heavy atom. The highest BCUT2D eigenvalue weighted by atomic mass is 35.5. The molecule has 4 heteroatoms. The zero-order valence-corrected chi connectivity index (χ0v) is 7.68. The third-order valence-electron chi connectivity index (χ3n) is 1.35. The summed E-state index contributed by atoms with van der Waals surface area (Å²) in [7, 11) is 0. The van der Waals surface area contributed by atoms with Gasteiger partial charge in [-0.05, 0) is 17.7 Å². The number of nitrogens with zero attached hydrogens (tertiary/aromatic N) is 1. The molecule has 0 amide bonds. The SMILES string of the molecule is C=CC(O)c1cc(Cl)nc(Cl)c1. The molecule has 1 rings (SSSR count). The van der Waals surface area contributed by atoms with E-state index in [-0.39, 0.29) is 10.3 Å². The first kappa shape index (κ1) is 9.52. The molecule has 2 nitrogen and oxygen atoms in total. The van der Waals surface area contributed by atoms with Crippen molar-refractivity contribution < 1.29 is 5.11 Å². The second-order valence-electron chi connectivity index (χ2n) is 2.23. The van der Waals surface area contributed by atoms with Gasteiger partial charge in [-0.25, -0.2) is 4.98 Å². The van der Waals surface area contributed by atoms with Crippen molar-refractivity contribution >= 4 is 23.2 Å². The average molecular weight is 204 g/mol. The molecule has 12 heavy (non-hydrogen) atoms. The summed E-state index contributed by atoms with van der Waals surface area (Å²) in [6.07, 6.45) is 0.644. The van der Waals surface area contributed by atoms with E-state index >= 15 is 0 Å². The number of aromatic nitrogens is 1. The molecule has 0 saturated heterocycles. The van der Waals surface area contributed by atoms with Crippen molar-refractivity contribution in [3.8, 4) is 0 Å². The van der Waals surface area contributed by atoms with E-state index in [2.05, 4.69) is 11.6 Å². The van der Waals surface area contributed by atoms with Crippen LogP contribution in [0, 0.1) is 0 Å². The van der Waals surface area contributed by atoms with Gasteiger partial charge in [0.1, 0.15) is 10.3 Å². The molecular weight excluding hydrogens is 197 g/mol. The third-order valence-corrected chi connectivity index (χ3v) is 1.74. The summed E-state index contributed by atoms with van der Waals surface area (Å²) in [6.45, 7) is 3.44. The normalized spacial score (nSPS) is 12.6. The minimum absolute atomic E-state index is 0.262. The summed E-state index contributed by atoms with van der Waals surface area (Å²) in [5.41, 5.74) is 0.593. The quantitative estimate of drug-likeness (QED) is 0.593. The van der Waals surface area contributed by atoms with Crippen LogP contribution in [0.4, 0.5) is 0 Å². The molecule has 1 N–H and O–H groups in total. The number of pyridine rings is 1. The van der Waals surface area contributed by atoms with Gasteiger partial charge in [0.15, 0.2) is 0 Å². The number of aliphatic hydroxyl groups is 1. The predicted octanol–water partition coefficient (Wildman–Crippen LogP) is 2.61. The smallest absolute Gasteiger partial charge is 0.131 e. The van der Waals surface area contributed by atoms with Crippen molar-refractivity contribution in [2.75, 3.05) is 0 Å². The highest BCUT2D eigenvalue weighted by Gasteiger charge is 2.05. The first-order valence-corrected chi connectivity index (χ1v) is 4.02. The van der Waals surface area contributed by atoms with Gasteiger partial charge in [-0.2, -0.15) is 0 Å². The summed E-state index contributed by atoms with van der Waals surface area (Å²) >= 11 is 11.2. The minimum Gasteiger partial charge on any atom is -0.384 e. The average Bonchev–Trinajstić information content (AvgIpc) is 2.01. The Balaban J connectivity index is 3.08. The van der Waals surface area contributed by atoms with E-state index in [4.69, 9.17) is 23.2 Å². The van der Waals surface area contributed by atoms with Crippen LogP contribution in [0.15, 0.2) is 24.8 Å². The number of rotatable bonds is 2. The van der Waals surface area contributed by atoms with Gasteiger partial charge in [-0.15, -0.1) is 6.58 Å². The molecule has 0 spiro atoms. The van der Waals surface area contributed by atoms with Gasteiger partial charge in [0, 0.05) is 0 Å². The summed E-state index contributed by atoms with van der Waals surface area (Å²) in [6, 6.07) is 3.08. The van der Waals surface area contributed by atoms with Crippen LogP contribution >= 0.6 is 23.2 Å². The van der Waals surface area contributed by atoms with Crippen LogP contribution < -0.4 is 0 Å². The van der Waals surface area contributed by atoms with E-state index in [9.17, 15) is 5.11 Å². The Morgan fingerprint density at radius 1 is 1.42 bits per heavy atom. The zero-order chi connectivity index (χ0) is 9.14. The molecule has 0 aromatic carbocycles. The molecule has 1 unspecified atom stereocenters. The maximum Gasteiger partial charge on any atom is 0.131 e. The van der Waals surface area contributed by atoms with Gasteiger partial charge >= 0.3 is 0 Å². The standard InChI is InChI=1S/C8H7Cl2NO/c1-2-6(12)5-3-7(9)11-8(10)4-5/h2-4,6,12H,1H2. The molecule has 0 saturated carbocycles. The van der Waals surface area contributed by atoms with Crippen molar-refractivity contribution in [3.05, 3.63) is 40.7 Å². The predicted molar refractivity (Wildman–Crippen MR) is 49.4 cm³/mol. The van der Waals surface area contributed by atoms with Crippen molar-refractivity contribution in [2.45, 2.75) is 6.10 Å². The van der Waals surface area contributed by atoms with Crippen LogP contribution in [0.2, 0.25) is 10.3 Å². The molecule has 1 aromatic heterocycles. The Kier molecular flexibility index (Phi) is 3.09. The second kappa shape index (κ2) is 3.90. The van der Waals surface area contributed by atoms with E-state index in [1.54, 1.807) is 12.1 Å². The number of halogens is 2. The second-order valence-corrected chi connectivity index (χ2v) is 3.00. The molecule has 0 aliphatic rings. The lowest BCUT2D eigenvalue weighted by Crippen LogP contribution is -1.93. The van der Waals surface area contributed by atoms with E-state index < -0.39 is 6.10 Å². The first-order chi connectivity index (χ1) is 5.63. The number of hydrogen-bond acceptors (Lipinski definition) is 2. The van der Waals surface area contributed by atoms with E-state index in [0.29, 0.717) is 5.56 Å². The molecule has 0 aliphatic carbocycles.